The van der Waals surface area contributed by atoms with Gasteiger partial charge in [-0.15, -0.1) is 15.7 Å². The number of nitrogens with zero attached hydrogens (tertiary/aromatic N) is 2. The van der Waals surface area contributed by atoms with E-state index in [9.17, 15) is 18.9 Å². The molecule has 154 valence electrons. The second kappa shape index (κ2) is 6.98. The number of anilines is 1. The van der Waals surface area contributed by atoms with E-state index in [-0.39, 0.29) is 10.1 Å². The zero-order chi connectivity index (χ0) is 21.0. The van der Waals surface area contributed by atoms with Gasteiger partial charge in [-0.1, -0.05) is 0 Å². The highest BCUT2D eigenvalue weighted by molar-refractivity contribution is 7.93. The lowest BCUT2D eigenvalue weighted by Crippen LogP contribution is -2.19. The summed E-state index contributed by atoms with van der Waals surface area (Å²) < 4.78 is 16.5. The molecule has 2 amide bonds. The van der Waals surface area contributed by atoms with Gasteiger partial charge in [-0.25, -0.2) is 19.1 Å². The standard InChI is InChI=1S/C19H22N4O4S2/c1-19(2,26)15-9-21-18(28-15)29(20,27)23-17(25)22-16-11-5-3-4-10(11)8-13-12(16)6-7-14(13)24/h8-9,26H,3-7H2,1-2H3,(H3,20,22,23,25,27)/t29-/m1/s1. The van der Waals surface area contributed by atoms with Crippen LogP contribution in [0.2, 0.25) is 0 Å². The highest BCUT2D eigenvalue weighted by Crippen LogP contribution is 2.38. The molecule has 0 fully saturated rings. The summed E-state index contributed by atoms with van der Waals surface area (Å²) in [6, 6.07) is 1.11. The number of aromatic nitrogens is 1. The second-order valence-electron chi connectivity index (χ2n) is 7.83. The van der Waals surface area contributed by atoms with Crippen LogP contribution in [0.25, 0.3) is 0 Å². The van der Waals surface area contributed by atoms with E-state index >= 15 is 0 Å². The highest BCUT2D eigenvalue weighted by Gasteiger charge is 2.29. The highest BCUT2D eigenvalue weighted by atomic mass is 32.2. The maximum Gasteiger partial charge on any atom is 0.354 e. The van der Waals surface area contributed by atoms with Crippen LogP contribution in [0.4, 0.5) is 10.5 Å². The van der Waals surface area contributed by atoms with E-state index < -0.39 is 21.5 Å². The first-order valence-corrected chi connectivity index (χ1v) is 11.7. The van der Waals surface area contributed by atoms with Gasteiger partial charge < -0.3 is 10.4 Å². The number of carbonyl (C=O) groups is 2. The molecule has 4 rings (SSSR count). The van der Waals surface area contributed by atoms with Gasteiger partial charge >= 0.3 is 6.03 Å². The molecule has 0 saturated carbocycles. The first kappa shape index (κ1) is 20.1. The quantitative estimate of drug-likeness (QED) is 0.683. The van der Waals surface area contributed by atoms with Crippen LogP contribution in [0.15, 0.2) is 21.0 Å². The molecular formula is C19H22N4O4S2. The van der Waals surface area contributed by atoms with Crippen molar-refractivity contribution in [2.24, 2.45) is 9.50 Å². The molecule has 1 atom stereocenters. The fraction of sp³-hybridized carbons (Fsp3) is 0.421. The topological polar surface area (TPSA) is 135 Å². The number of carbonyl (C=O) groups excluding carboxylic acids is 2. The van der Waals surface area contributed by atoms with Crippen LogP contribution < -0.4 is 10.5 Å². The Bertz CT molecular complexity index is 1150. The molecule has 0 unspecified atom stereocenters. The number of thiazole rings is 1. The third-order valence-electron chi connectivity index (χ3n) is 5.20. The first-order valence-electron chi connectivity index (χ1n) is 9.31. The predicted molar refractivity (Wildman–Crippen MR) is 111 cm³/mol. The van der Waals surface area contributed by atoms with Crippen molar-refractivity contribution in [2.75, 3.05) is 5.32 Å². The minimum atomic E-state index is -3.57. The number of hydrogen-bond donors (Lipinski definition) is 3. The molecule has 0 radical (unpaired) electrons. The summed E-state index contributed by atoms with van der Waals surface area (Å²) in [6.45, 7) is 3.15. The van der Waals surface area contributed by atoms with Crippen molar-refractivity contribution in [1.82, 2.24) is 4.98 Å². The second-order valence-corrected chi connectivity index (χ2v) is 10.8. The summed E-state index contributed by atoms with van der Waals surface area (Å²) in [7, 11) is -3.57. The van der Waals surface area contributed by atoms with E-state index in [4.69, 9.17) is 5.14 Å². The third kappa shape index (κ3) is 3.73. The summed E-state index contributed by atoms with van der Waals surface area (Å²) in [6.07, 6.45) is 5.00. The Morgan fingerprint density at radius 2 is 2.07 bits per heavy atom. The van der Waals surface area contributed by atoms with Crippen LogP contribution in [-0.2, 0) is 34.8 Å². The SMILES string of the molecule is CC(C)(O)c1cnc([S@](N)(=O)=NC(=O)Nc2c3c(cc4c2CCC4=O)CCC3)s1. The molecule has 1 aromatic carbocycles. The number of aliphatic hydroxyl groups is 1. The third-order valence-corrected chi connectivity index (χ3v) is 8.31. The van der Waals surface area contributed by atoms with Gasteiger partial charge in [-0.3, -0.25) is 4.79 Å². The van der Waals surface area contributed by atoms with Gasteiger partial charge in [0.2, 0.25) is 4.34 Å². The number of rotatable bonds is 3. The number of fused-ring (bicyclic) bond motifs is 2. The van der Waals surface area contributed by atoms with E-state index in [2.05, 4.69) is 14.7 Å². The number of aryl methyl sites for hydroxylation is 1. The Morgan fingerprint density at radius 1 is 1.31 bits per heavy atom. The average Bonchev–Trinajstić information content (AvgIpc) is 3.33. The van der Waals surface area contributed by atoms with Gasteiger partial charge in [-0.05, 0) is 62.3 Å². The molecule has 1 aromatic heterocycles. The van der Waals surface area contributed by atoms with Crippen molar-refractivity contribution in [3.63, 3.8) is 0 Å². The molecule has 2 aliphatic carbocycles. The molecule has 10 heteroatoms. The van der Waals surface area contributed by atoms with Crippen molar-refractivity contribution < 1.29 is 18.9 Å². The maximum atomic E-state index is 12.8. The Balaban J connectivity index is 1.67. The minimum absolute atomic E-state index is 0.0246. The van der Waals surface area contributed by atoms with Gasteiger partial charge in [0.05, 0.1) is 10.5 Å². The number of nitrogens with one attached hydrogen (secondary N) is 1. The zero-order valence-corrected chi connectivity index (χ0v) is 17.8. The lowest BCUT2D eigenvalue weighted by molar-refractivity contribution is 0.0823. The van der Waals surface area contributed by atoms with Gasteiger partial charge in [0.15, 0.2) is 15.7 Å². The van der Waals surface area contributed by atoms with Crippen LogP contribution in [0.1, 0.15) is 58.6 Å². The van der Waals surface area contributed by atoms with Gasteiger partial charge in [0.25, 0.3) is 0 Å². The molecule has 2 aliphatic rings. The smallest absolute Gasteiger partial charge is 0.354 e. The molecule has 2 aromatic rings. The molecular weight excluding hydrogens is 412 g/mol. The molecule has 1 heterocycles. The van der Waals surface area contributed by atoms with Crippen molar-refractivity contribution in [1.29, 1.82) is 0 Å². The van der Waals surface area contributed by atoms with E-state index in [1.54, 1.807) is 13.8 Å². The van der Waals surface area contributed by atoms with E-state index in [0.29, 0.717) is 29.0 Å². The molecule has 0 bridgehead atoms. The minimum Gasteiger partial charge on any atom is -0.385 e. The van der Waals surface area contributed by atoms with Crippen LogP contribution in [0.5, 0.6) is 0 Å². The van der Waals surface area contributed by atoms with Gasteiger partial charge in [0, 0.05) is 23.9 Å². The van der Waals surface area contributed by atoms with Crippen LogP contribution >= 0.6 is 11.3 Å². The van der Waals surface area contributed by atoms with Crippen LogP contribution in [-0.4, -0.2) is 26.1 Å². The summed E-state index contributed by atoms with van der Waals surface area (Å²) >= 11 is 0.956. The number of amides is 2. The molecule has 0 spiro atoms. The van der Waals surface area contributed by atoms with Gasteiger partial charge in [-0.2, -0.15) is 0 Å². The molecule has 8 nitrogen and oxygen atoms in total. The fourth-order valence-electron chi connectivity index (χ4n) is 3.79. The first-order chi connectivity index (χ1) is 13.6. The molecule has 29 heavy (non-hydrogen) atoms. The zero-order valence-electron chi connectivity index (χ0n) is 16.2. The van der Waals surface area contributed by atoms with Crippen LogP contribution in [0, 0.1) is 0 Å². The summed E-state index contributed by atoms with van der Waals surface area (Å²) in [4.78, 5) is 29.2. The number of benzene rings is 1. The molecule has 4 N–H and O–H groups in total. The largest absolute Gasteiger partial charge is 0.385 e. The van der Waals surface area contributed by atoms with Crippen molar-refractivity contribution in [2.45, 2.75) is 55.9 Å². The number of Topliss-reactive ketones (excluding diaryl/α,β-unsaturated/α-hetero) is 1. The normalized spacial score (nSPS) is 17.6. The van der Waals surface area contributed by atoms with E-state index in [1.807, 2.05) is 6.07 Å². The lowest BCUT2D eigenvalue weighted by Gasteiger charge is -2.14. The van der Waals surface area contributed by atoms with E-state index in [1.165, 1.54) is 6.20 Å². The Kier molecular flexibility index (Phi) is 4.85. The monoisotopic (exact) mass is 434 g/mol. The average molecular weight is 435 g/mol. The van der Waals surface area contributed by atoms with Gasteiger partial charge in [0.1, 0.15) is 0 Å². The number of ketones is 1. The van der Waals surface area contributed by atoms with Crippen molar-refractivity contribution in [3.05, 3.63) is 39.4 Å². The Hall–Kier alpha value is -2.14. The molecule has 0 aliphatic heterocycles. The van der Waals surface area contributed by atoms with Crippen LogP contribution in [0.3, 0.4) is 0 Å². The maximum absolute atomic E-state index is 12.8. The summed E-state index contributed by atoms with van der Waals surface area (Å²) in [5.74, 6) is 0.0756. The number of hydrogen-bond acceptors (Lipinski definition) is 6. The Morgan fingerprint density at radius 3 is 2.76 bits per heavy atom. The number of nitrogens with two attached hydrogens (primary N) is 1. The summed E-state index contributed by atoms with van der Waals surface area (Å²) in [5.41, 5.74) is 3.01. The Labute approximate surface area is 172 Å². The van der Waals surface area contributed by atoms with E-state index in [0.717, 1.165) is 47.3 Å². The predicted octanol–water partition coefficient (Wildman–Crippen LogP) is 2.92. The van der Waals surface area contributed by atoms with Crippen molar-refractivity contribution >= 4 is 38.8 Å². The van der Waals surface area contributed by atoms with Crippen molar-refractivity contribution in [3.8, 4) is 0 Å². The lowest BCUT2D eigenvalue weighted by atomic mass is 9.98. The number of urea groups is 1. The summed E-state index contributed by atoms with van der Waals surface area (Å²) in [5, 5.41) is 18.6. The fourth-order valence-corrected chi connectivity index (χ4v) is 5.87. The molecule has 0 saturated heterocycles.